The maximum atomic E-state index is 4.05. The largest absolute Gasteiger partial charge is 0.311 e. The first-order valence-corrected chi connectivity index (χ1v) is 5.51. The molecule has 0 fully saturated rings. The maximum absolute atomic E-state index is 4.05. The third-order valence-electron chi connectivity index (χ3n) is 2.57. The molecule has 0 saturated heterocycles. The van der Waals surface area contributed by atoms with Gasteiger partial charge in [-0.2, -0.15) is 0 Å². The van der Waals surface area contributed by atoms with Crippen molar-refractivity contribution >= 4 is 0 Å². The van der Waals surface area contributed by atoms with Gasteiger partial charge < -0.3 is 5.32 Å². The second-order valence-electron chi connectivity index (χ2n) is 4.47. The molecule has 0 saturated carbocycles. The molecule has 0 spiro atoms. The average molecular weight is 211 g/mol. The zero-order chi connectivity index (χ0) is 11.4. The van der Waals surface area contributed by atoms with Crippen LogP contribution in [0.4, 0.5) is 0 Å². The van der Waals surface area contributed by atoms with Gasteiger partial charge in [-0.25, -0.2) is 4.68 Å². The van der Waals surface area contributed by atoms with Crippen LogP contribution >= 0.6 is 0 Å². The number of nitrogens with one attached hydrogen (secondary N) is 1. The Bertz CT molecular complexity index is 294. The molecule has 15 heavy (non-hydrogen) atoms. The summed E-state index contributed by atoms with van der Waals surface area (Å²) < 4.78 is 1.92. The van der Waals surface area contributed by atoms with E-state index in [4.69, 9.17) is 0 Å². The molecule has 2 unspecified atom stereocenters. The van der Waals surface area contributed by atoms with Gasteiger partial charge in [-0.05, 0) is 43.7 Å². The van der Waals surface area contributed by atoms with E-state index < -0.39 is 0 Å². The van der Waals surface area contributed by atoms with E-state index >= 15 is 0 Å². The van der Waals surface area contributed by atoms with E-state index in [1.54, 1.807) is 0 Å². The zero-order valence-corrected chi connectivity index (χ0v) is 10.2. The van der Waals surface area contributed by atoms with Crippen molar-refractivity contribution in [2.24, 2.45) is 5.92 Å². The molecule has 0 aliphatic carbocycles. The SMILES string of the molecule is CNC(C)c1nnnn1C(C)CC(C)C. The van der Waals surface area contributed by atoms with Crippen LogP contribution in [0, 0.1) is 5.92 Å². The van der Waals surface area contributed by atoms with E-state index in [1.807, 2.05) is 11.7 Å². The van der Waals surface area contributed by atoms with Gasteiger partial charge in [0.05, 0.1) is 12.1 Å². The van der Waals surface area contributed by atoms with Crippen LogP contribution in [-0.4, -0.2) is 27.3 Å². The van der Waals surface area contributed by atoms with Crippen LogP contribution in [0.25, 0.3) is 0 Å². The lowest BCUT2D eigenvalue weighted by atomic mass is 10.1. The number of rotatable bonds is 5. The maximum Gasteiger partial charge on any atom is 0.168 e. The molecule has 2 atom stereocenters. The fourth-order valence-corrected chi connectivity index (χ4v) is 1.71. The molecule has 0 aromatic carbocycles. The molecule has 1 N–H and O–H groups in total. The second kappa shape index (κ2) is 5.21. The molecule has 1 aromatic heterocycles. The predicted molar refractivity (Wildman–Crippen MR) is 59.5 cm³/mol. The van der Waals surface area contributed by atoms with Crippen molar-refractivity contribution in [1.82, 2.24) is 25.5 Å². The molecule has 0 radical (unpaired) electrons. The van der Waals surface area contributed by atoms with Crippen LogP contribution in [0.15, 0.2) is 0 Å². The third-order valence-corrected chi connectivity index (χ3v) is 2.57. The summed E-state index contributed by atoms with van der Waals surface area (Å²) in [6.07, 6.45) is 1.09. The van der Waals surface area contributed by atoms with Gasteiger partial charge in [0.2, 0.25) is 0 Å². The minimum atomic E-state index is 0.189. The first kappa shape index (κ1) is 12.1. The fraction of sp³-hybridized carbons (Fsp3) is 0.900. The molecule has 1 aromatic rings. The molecule has 0 bridgehead atoms. The van der Waals surface area contributed by atoms with E-state index in [0.29, 0.717) is 12.0 Å². The summed E-state index contributed by atoms with van der Waals surface area (Å²) in [5.41, 5.74) is 0. The van der Waals surface area contributed by atoms with Gasteiger partial charge in [-0.15, -0.1) is 5.10 Å². The molecule has 0 amide bonds. The van der Waals surface area contributed by atoms with Gasteiger partial charge in [0.15, 0.2) is 5.82 Å². The zero-order valence-electron chi connectivity index (χ0n) is 10.2. The van der Waals surface area contributed by atoms with Gasteiger partial charge in [0.1, 0.15) is 0 Å². The number of hydrogen-bond donors (Lipinski definition) is 1. The lowest BCUT2D eigenvalue weighted by Gasteiger charge is -2.17. The Hall–Kier alpha value is -0.970. The van der Waals surface area contributed by atoms with Crippen LogP contribution in [0.5, 0.6) is 0 Å². The quantitative estimate of drug-likeness (QED) is 0.803. The molecule has 1 rings (SSSR count). The summed E-state index contributed by atoms with van der Waals surface area (Å²) in [6.45, 7) is 8.64. The summed E-state index contributed by atoms with van der Waals surface area (Å²) in [5, 5.41) is 15.0. The molecular weight excluding hydrogens is 190 g/mol. The lowest BCUT2D eigenvalue weighted by Crippen LogP contribution is -2.21. The third kappa shape index (κ3) is 2.99. The Kier molecular flexibility index (Phi) is 4.20. The summed E-state index contributed by atoms with van der Waals surface area (Å²) in [5.74, 6) is 1.56. The highest BCUT2D eigenvalue weighted by molar-refractivity contribution is 4.90. The predicted octanol–water partition coefficient (Wildman–Crippen LogP) is 1.56. The number of tetrazole rings is 1. The van der Waals surface area contributed by atoms with E-state index in [1.165, 1.54) is 0 Å². The average Bonchev–Trinajstić information content (AvgIpc) is 2.63. The van der Waals surface area contributed by atoms with E-state index in [2.05, 4.69) is 48.5 Å². The van der Waals surface area contributed by atoms with Gasteiger partial charge in [0, 0.05) is 0 Å². The minimum Gasteiger partial charge on any atom is -0.311 e. The van der Waals surface area contributed by atoms with E-state index in [0.717, 1.165) is 12.2 Å². The van der Waals surface area contributed by atoms with Gasteiger partial charge in [-0.1, -0.05) is 13.8 Å². The minimum absolute atomic E-state index is 0.189. The van der Waals surface area contributed by atoms with Crippen molar-refractivity contribution in [3.8, 4) is 0 Å². The fourth-order valence-electron chi connectivity index (χ4n) is 1.71. The number of aromatic nitrogens is 4. The first-order chi connectivity index (χ1) is 7.06. The van der Waals surface area contributed by atoms with Crippen molar-refractivity contribution in [2.45, 2.75) is 46.2 Å². The number of nitrogens with zero attached hydrogens (tertiary/aromatic N) is 4. The Morgan fingerprint density at radius 1 is 1.27 bits per heavy atom. The van der Waals surface area contributed by atoms with E-state index in [-0.39, 0.29) is 6.04 Å². The van der Waals surface area contributed by atoms with Crippen LogP contribution in [0.3, 0.4) is 0 Å². The van der Waals surface area contributed by atoms with Crippen LogP contribution in [0.2, 0.25) is 0 Å². The van der Waals surface area contributed by atoms with Crippen LogP contribution < -0.4 is 5.32 Å². The first-order valence-electron chi connectivity index (χ1n) is 5.51. The van der Waals surface area contributed by atoms with Crippen molar-refractivity contribution in [1.29, 1.82) is 0 Å². The Morgan fingerprint density at radius 3 is 2.47 bits per heavy atom. The highest BCUT2D eigenvalue weighted by Crippen LogP contribution is 2.19. The van der Waals surface area contributed by atoms with Crippen LogP contribution in [-0.2, 0) is 0 Å². The molecule has 0 aliphatic rings. The summed E-state index contributed by atoms with van der Waals surface area (Å²) >= 11 is 0. The van der Waals surface area contributed by atoms with Gasteiger partial charge in [-0.3, -0.25) is 0 Å². The highest BCUT2D eigenvalue weighted by Gasteiger charge is 2.17. The topological polar surface area (TPSA) is 55.6 Å². The van der Waals surface area contributed by atoms with Crippen molar-refractivity contribution in [2.75, 3.05) is 7.05 Å². The molecule has 86 valence electrons. The second-order valence-corrected chi connectivity index (χ2v) is 4.47. The highest BCUT2D eigenvalue weighted by atomic mass is 15.6. The molecule has 0 aliphatic heterocycles. The van der Waals surface area contributed by atoms with Gasteiger partial charge >= 0.3 is 0 Å². The molecule has 5 heteroatoms. The molecule has 5 nitrogen and oxygen atoms in total. The lowest BCUT2D eigenvalue weighted by molar-refractivity contribution is 0.370. The van der Waals surface area contributed by atoms with E-state index in [9.17, 15) is 0 Å². The van der Waals surface area contributed by atoms with Crippen molar-refractivity contribution < 1.29 is 0 Å². The Labute approximate surface area is 91.2 Å². The number of hydrogen-bond acceptors (Lipinski definition) is 4. The Morgan fingerprint density at radius 2 is 1.93 bits per heavy atom. The smallest absolute Gasteiger partial charge is 0.168 e. The van der Waals surface area contributed by atoms with Crippen molar-refractivity contribution in [3.63, 3.8) is 0 Å². The summed E-state index contributed by atoms with van der Waals surface area (Å²) in [4.78, 5) is 0. The van der Waals surface area contributed by atoms with Gasteiger partial charge in [0.25, 0.3) is 0 Å². The molecular formula is C10H21N5. The summed E-state index contributed by atoms with van der Waals surface area (Å²) in [7, 11) is 1.91. The summed E-state index contributed by atoms with van der Waals surface area (Å²) in [6, 6.07) is 0.542. The monoisotopic (exact) mass is 211 g/mol. The standard InChI is InChI=1S/C10H21N5/c1-7(2)6-8(3)15-10(9(4)11-5)12-13-14-15/h7-9,11H,6H2,1-5H3. The Balaban J connectivity index is 2.80. The van der Waals surface area contributed by atoms with Crippen LogP contribution in [0.1, 0.15) is 52.0 Å². The van der Waals surface area contributed by atoms with Crippen molar-refractivity contribution in [3.05, 3.63) is 5.82 Å². The normalized spacial score (nSPS) is 15.6. The molecule has 1 heterocycles.